The van der Waals surface area contributed by atoms with Crippen LogP contribution in [-0.2, 0) is 4.79 Å². The fourth-order valence-corrected chi connectivity index (χ4v) is 4.26. The fourth-order valence-electron chi connectivity index (χ4n) is 4.26. The minimum absolute atomic E-state index is 0. The van der Waals surface area contributed by atoms with Gasteiger partial charge in [-0.05, 0) is 56.7 Å². The second-order valence-corrected chi connectivity index (χ2v) is 8.11. The third-order valence-corrected chi connectivity index (χ3v) is 5.94. The summed E-state index contributed by atoms with van der Waals surface area (Å²) < 4.78 is 1.76. The van der Waals surface area contributed by atoms with Gasteiger partial charge in [0.15, 0.2) is 0 Å². The number of rotatable bonds is 5. The van der Waals surface area contributed by atoms with E-state index in [0.717, 1.165) is 50.0 Å². The number of para-hydroxylation sites is 1. The summed E-state index contributed by atoms with van der Waals surface area (Å²) in [5.74, 6) is 0.397. The number of likely N-dealkylation sites (tertiary alicyclic amines) is 1. The molecule has 0 aliphatic carbocycles. The number of benzene rings is 1. The van der Waals surface area contributed by atoms with Gasteiger partial charge in [0.1, 0.15) is 0 Å². The zero-order chi connectivity index (χ0) is 20.2. The molecule has 2 aliphatic rings. The first kappa shape index (κ1) is 22.3. The van der Waals surface area contributed by atoms with E-state index in [1.807, 2.05) is 42.3 Å². The monoisotopic (exact) mass is 431 g/mol. The van der Waals surface area contributed by atoms with Crippen molar-refractivity contribution in [3.8, 4) is 5.69 Å². The zero-order valence-corrected chi connectivity index (χ0v) is 18.2. The van der Waals surface area contributed by atoms with Crippen molar-refractivity contribution in [1.82, 2.24) is 25.3 Å². The predicted molar refractivity (Wildman–Crippen MR) is 118 cm³/mol. The number of piperidine rings is 1. The number of aromatic nitrogens is 2. The van der Waals surface area contributed by atoms with Crippen LogP contribution in [0.3, 0.4) is 0 Å². The van der Waals surface area contributed by atoms with Gasteiger partial charge in [-0.1, -0.05) is 18.2 Å². The average molecular weight is 432 g/mol. The first-order valence-corrected chi connectivity index (χ1v) is 10.5. The van der Waals surface area contributed by atoms with Gasteiger partial charge in [0, 0.05) is 25.8 Å². The number of nitrogens with zero attached hydrogens (tertiary/aromatic N) is 3. The van der Waals surface area contributed by atoms with Gasteiger partial charge in [-0.25, -0.2) is 4.68 Å². The Kier molecular flexibility index (Phi) is 7.50. The number of nitrogens with one attached hydrogen (secondary N) is 2. The Morgan fingerprint density at radius 3 is 2.83 bits per heavy atom. The molecule has 30 heavy (non-hydrogen) atoms. The molecule has 2 aliphatic heterocycles. The maximum atomic E-state index is 13.0. The van der Waals surface area contributed by atoms with Crippen molar-refractivity contribution in [3.05, 3.63) is 47.8 Å². The third kappa shape index (κ3) is 5.02. The van der Waals surface area contributed by atoms with E-state index in [9.17, 15) is 9.59 Å². The highest BCUT2D eigenvalue weighted by atomic mass is 35.5. The number of halogens is 1. The van der Waals surface area contributed by atoms with Gasteiger partial charge in [-0.15, -0.1) is 12.4 Å². The number of hydrogen-bond acceptors (Lipinski definition) is 4. The van der Waals surface area contributed by atoms with Gasteiger partial charge >= 0.3 is 0 Å². The van der Waals surface area contributed by atoms with Crippen LogP contribution in [0.1, 0.15) is 41.6 Å². The molecule has 2 saturated heterocycles. The molecule has 0 radical (unpaired) electrons. The van der Waals surface area contributed by atoms with E-state index in [1.54, 1.807) is 10.9 Å². The molecule has 2 N–H and O–H groups in total. The van der Waals surface area contributed by atoms with E-state index < -0.39 is 0 Å². The molecule has 2 aromatic rings. The smallest absolute Gasteiger partial charge is 0.257 e. The van der Waals surface area contributed by atoms with Crippen LogP contribution in [0.4, 0.5) is 0 Å². The Bertz CT molecular complexity index is 878. The highest BCUT2D eigenvalue weighted by Gasteiger charge is 2.27. The zero-order valence-electron chi connectivity index (χ0n) is 17.3. The van der Waals surface area contributed by atoms with Crippen molar-refractivity contribution >= 4 is 24.2 Å². The predicted octanol–water partition coefficient (Wildman–Crippen LogP) is 2.32. The Balaban J connectivity index is 0.00000256. The second kappa shape index (κ2) is 10.1. The summed E-state index contributed by atoms with van der Waals surface area (Å²) in [5, 5.41) is 10.7. The fraction of sp³-hybridized carbons (Fsp3) is 0.500. The lowest BCUT2D eigenvalue weighted by atomic mass is 9.97. The minimum Gasteiger partial charge on any atom is -0.354 e. The highest BCUT2D eigenvalue weighted by Crippen LogP contribution is 2.19. The topological polar surface area (TPSA) is 79.3 Å². The number of aryl methyl sites for hydroxylation is 1. The van der Waals surface area contributed by atoms with Crippen LogP contribution in [-0.4, -0.2) is 58.7 Å². The summed E-state index contributed by atoms with van der Waals surface area (Å²) in [6.07, 6.45) is 7.41. The molecular weight excluding hydrogens is 402 g/mol. The van der Waals surface area contributed by atoms with Crippen molar-refractivity contribution < 1.29 is 9.59 Å². The quantitative estimate of drug-likeness (QED) is 0.761. The van der Waals surface area contributed by atoms with E-state index in [-0.39, 0.29) is 30.3 Å². The average Bonchev–Trinajstić information content (AvgIpc) is 3.44. The van der Waals surface area contributed by atoms with E-state index in [1.165, 1.54) is 0 Å². The molecule has 2 atom stereocenters. The second-order valence-electron chi connectivity index (χ2n) is 8.11. The molecule has 2 amide bonds. The molecule has 7 nitrogen and oxygen atoms in total. The molecule has 1 aromatic heterocycles. The minimum atomic E-state index is -0.0522. The van der Waals surface area contributed by atoms with Crippen LogP contribution in [0.15, 0.2) is 36.7 Å². The molecule has 8 heteroatoms. The maximum Gasteiger partial charge on any atom is 0.257 e. The highest BCUT2D eigenvalue weighted by molar-refractivity contribution is 5.94. The molecule has 0 spiro atoms. The lowest BCUT2D eigenvalue weighted by Gasteiger charge is -2.32. The Labute approximate surface area is 183 Å². The molecule has 2 fully saturated rings. The first-order chi connectivity index (χ1) is 14.1. The van der Waals surface area contributed by atoms with Gasteiger partial charge in [0.2, 0.25) is 5.91 Å². The van der Waals surface area contributed by atoms with Crippen molar-refractivity contribution in [2.75, 3.05) is 26.2 Å². The van der Waals surface area contributed by atoms with Crippen LogP contribution >= 0.6 is 12.4 Å². The summed E-state index contributed by atoms with van der Waals surface area (Å²) in [4.78, 5) is 27.1. The largest absolute Gasteiger partial charge is 0.354 e. The van der Waals surface area contributed by atoms with Crippen LogP contribution in [0.2, 0.25) is 0 Å². The molecule has 162 valence electrons. The molecule has 3 heterocycles. The number of carbonyl (C=O) groups excluding carboxylic acids is 2. The van der Waals surface area contributed by atoms with Crippen LogP contribution < -0.4 is 10.6 Å². The van der Waals surface area contributed by atoms with E-state index in [2.05, 4.69) is 15.7 Å². The lowest BCUT2D eigenvalue weighted by molar-refractivity contribution is -0.123. The maximum absolute atomic E-state index is 13.0. The summed E-state index contributed by atoms with van der Waals surface area (Å²) in [6.45, 7) is 5.00. The number of amides is 2. The molecule has 2 unspecified atom stereocenters. The summed E-state index contributed by atoms with van der Waals surface area (Å²) in [5.41, 5.74) is 2.69. The van der Waals surface area contributed by atoms with Crippen molar-refractivity contribution in [3.63, 3.8) is 0 Å². The van der Waals surface area contributed by atoms with Crippen molar-refractivity contribution in [1.29, 1.82) is 0 Å². The van der Waals surface area contributed by atoms with Crippen LogP contribution in [0, 0.1) is 12.8 Å². The molecule has 0 bridgehead atoms. The van der Waals surface area contributed by atoms with Gasteiger partial charge in [0.25, 0.3) is 5.91 Å². The SMILES string of the molecule is Cc1ccccc1-n1cc(C(=O)N2CCCC(CNC(=O)C3CCCN3)C2)cn1.Cl. The van der Waals surface area contributed by atoms with Gasteiger partial charge in [-0.3, -0.25) is 9.59 Å². The van der Waals surface area contributed by atoms with Gasteiger partial charge in [0.05, 0.1) is 23.5 Å². The first-order valence-electron chi connectivity index (χ1n) is 10.5. The Hall–Kier alpha value is -2.38. The van der Waals surface area contributed by atoms with Crippen molar-refractivity contribution in [2.24, 2.45) is 5.92 Å². The summed E-state index contributed by atoms with van der Waals surface area (Å²) in [6, 6.07) is 7.93. The van der Waals surface area contributed by atoms with Crippen LogP contribution in [0.5, 0.6) is 0 Å². The summed E-state index contributed by atoms with van der Waals surface area (Å²) >= 11 is 0. The Morgan fingerprint density at radius 1 is 1.23 bits per heavy atom. The molecule has 0 saturated carbocycles. The van der Waals surface area contributed by atoms with Gasteiger partial charge < -0.3 is 15.5 Å². The van der Waals surface area contributed by atoms with Gasteiger partial charge in [-0.2, -0.15) is 5.10 Å². The third-order valence-electron chi connectivity index (χ3n) is 5.94. The Morgan fingerprint density at radius 2 is 2.07 bits per heavy atom. The number of carbonyl (C=O) groups is 2. The van der Waals surface area contributed by atoms with Crippen molar-refractivity contribution in [2.45, 2.75) is 38.6 Å². The standard InChI is InChI=1S/C22H29N5O2.ClH/c1-16-6-2-3-9-20(16)27-15-18(13-25-27)22(29)26-11-5-7-17(14-26)12-24-21(28)19-8-4-10-23-19;/h2-3,6,9,13,15,17,19,23H,4-5,7-8,10-12,14H2,1H3,(H,24,28);1H. The normalized spacial score (nSPS) is 21.2. The molecule has 4 rings (SSSR count). The lowest BCUT2D eigenvalue weighted by Crippen LogP contribution is -2.46. The summed E-state index contributed by atoms with van der Waals surface area (Å²) in [7, 11) is 0. The van der Waals surface area contributed by atoms with E-state index in [4.69, 9.17) is 0 Å². The molecular formula is C22H30ClN5O2. The van der Waals surface area contributed by atoms with Crippen LogP contribution in [0.25, 0.3) is 5.69 Å². The van der Waals surface area contributed by atoms with E-state index in [0.29, 0.717) is 24.6 Å². The van der Waals surface area contributed by atoms with E-state index >= 15 is 0 Å². The molecule has 1 aromatic carbocycles. The number of hydrogen-bond donors (Lipinski definition) is 2.